The highest BCUT2D eigenvalue weighted by atomic mass is 16.5. The minimum Gasteiger partial charge on any atom is -0.491 e. The zero-order valence-corrected chi connectivity index (χ0v) is 14.9. The molecule has 1 amide bonds. The lowest BCUT2D eigenvalue weighted by Gasteiger charge is -2.14. The predicted molar refractivity (Wildman–Crippen MR) is 96.9 cm³/mol. The van der Waals surface area contributed by atoms with Crippen molar-refractivity contribution in [1.82, 2.24) is 0 Å². The van der Waals surface area contributed by atoms with E-state index in [1.807, 2.05) is 19.9 Å². The minimum atomic E-state index is -0.968. The van der Waals surface area contributed by atoms with Gasteiger partial charge < -0.3 is 14.8 Å². The summed E-state index contributed by atoms with van der Waals surface area (Å²) in [7, 11) is 0. The number of esters is 1. The molecule has 2 rings (SSSR count). The molecular weight excluding hydrogens is 332 g/mol. The van der Waals surface area contributed by atoms with Gasteiger partial charge in [-0.3, -0.25) is 4.79 Å². The maximum atomic E-state index is 12.1. The number of carbonyl (C=O) groups is 2. The zero-order valence-electron chi connectivity index (χ0n) is 14.9. The Kier molecular flexibility index (Phi) is 6.34. The molecule has 2 aromatic rings. The number of benzene rings is 2. The average molecular weight is 352 g/mol. The van der Waals surface area contributed by atoms with Gasteiger partial charge in [0.25, 0.3) is 5.91 Å². The Bertz CT molecular complexity index is 805. The molecule has 0 aromatic heterocycles. The third-order valence-electron chi connectivity index (χ3n) is 3.40. The van der Waals surface area contributed by atoms with Crippen LogP contribution in [0.5, 0.6) is 5.75 Å². The number of nitrogens with zero attached hydrogens (tertiary/aromatic N) is 1. The van der Waals surface area contributed by atoms with Gasteiger partial charge in [-0.15, -0.1) is 0 Å². The predicted octanol–water partition coefficient (Wildman–Crippen LogP) is 3.53. The first-order valence-corrected chi connectivity index (χ1v) is 8.17. The van der Waals surface area contributed by atoms with E-state index < -0.39 is 18.0 Å². The van der Waals surface area contributed by atoms with Gasteiger partial charge in [-0.1, -0.05) is 0 Å². The van der Waals surface area contributed by atoms with Crippen LogP contribution < -0.4 is 10.1 Å². The molecule has 0 spiro atoms. The van der Waals surface area contributed by atoms with Crippen molar-refractivity contribution in [2.24, 2.45) is 0 Å². The van der Waals surface area contributed by atoms with E-state index in [0.717, 1.165) is 0 Å². The monoisotopic (exact) mass is 352 g/mol. The highest BCUT2D eigenvalue weighted by Crippen LogP contribution is 2.15. The van der Waals surface area contributed by atoms with Gasteiger partial charge in [-0.2, -0.15) is 5.26 Å². The Labute approximate surface area is 152 Å². The molecule has 0 unspecified atom stereocenters. The van der Waals surface area contributed by atoms with E-state index in [1.165, 1.54) is 6.92 Å². The van der Waals surface area contributed by atoms with Crippen molar-refractivity contribution >= 4 is 17.6 Å². The SMILES string of the molecule is CC(C)Oc1ccc(C(=O)O[C@H](C)C(=O)Nc2ccc(C#N)cc2)cc1. The molecule has 0 aliphatic rings. The maximum absolute atomic E-state index is 12.1. The Morgan fingerprint density at radius 3 is 2.15 bits per heavy atom. The standard InChI is InChI=1S/C20H20N2O4/c1-13(2)25-18-10-6-16(7-11-18)20(24)26-14(3)19(23)22-17-8-4-15(12-21)5-9-17/h4-11,13-14H,1-3H3,(H,22,23)/t14-/m1/s1. The largest absolute Gasteiger partial charge is 0.491 e. The van der Waals surface area contributed by atoms with E-state index in [1.54, 1.807) is 48.5 Å². The summed E-state index contributed by atoms with van der Waals surface area (Å²) in [5.74, 6) is -0.394. The van der Waals surface area contributed by atoms with E-state index in [-0.39, 0.29) is 6.10 Å². The van der Waals surface area contributed by atoms with E-state index in [2.05, 4.69) is 5.32 Å². The second kappa shape index (κ2) is 8.67. The van der Waals surface area contributed by atoms with Gasteiger partial charge in [0.1, 0.15) is 5.75 Å². The van der Waals surface area contributed by atoms with Crippen molar-refractivity contribution in [3.8, 4) is 11.8 Å². The fourth-order valence-corrected chi connectivity index (χ4v) is 2.10. The Balaban J connectivity index is 1.92. The molecule has 0 saturated heterocycles. The highest BCUT2D eigenvalue weighted by molar-refractivity contribution is 5.97. The van der Waals surface area contributed by atoms with Gasteiger partial charge in [0, 0.05) is 5.69 Å². The normalized spacial score (nSPS) is 11.3. The van der Waals surface area contributed by atoms with E-state index in [0.29, 0.717) is 22.6 Å². The van der Waals surface area contributed by atoms with Crippen molar-refractivity contribution < 1.29 is 19.1 Å². The van der Waals surface area contributed by atoms with Crippen LogP contribution in [-0.2, 0) is 9.53 Å². The highest BCUT2D eigenvalue weighted by Gasteiger charge is 2.19. The molecule has 2 aromatic carbocycles. The molecule has 134 valence electrons. The fraction of sp³-hybridized carbons (Fsp3) is 0.250. The van der Waals surface area contributed by atoms with Gasteiger partial charge in [0.05, 0.1) is 23.3 Å². The summed E-state index contributed by atoms with van der Waals surface area (Å²) in [5.41, 5.74) is 1.35. The van der Waals surface area contributed by atoms with Crippen LogP contribution in [0.3, 0.4) is 0 Å². The second-order valence-corrected chi connectivity index (χ2v) is 5.92. The molecule has 26 heavy (non-hydrogen) atoms. The summed E-state index contributed by atoms with van der Waals surface area (Å²) in [5, 5.41) is 11.4. The number of hydrogen-bond donors (Lipinski definition) is 1. The van der Waals surface area contributed by atoms with Crippen molar-refractivity contribution in [2.75, 3.05) is 5.32 Å². The summed E-state index contributed by atoms with van der Waals surface area (Å²) in [6, 6.07) is 14.9. The van der Waals surface area contributed by atoms with Crippen LogP contribution in [0.1, 0.15) is 36.7 Å². The fourth-order valence-electron chi connectivity index (χ4n) is 2.10. The maximum Gasteiger partial charge on any atom is 0.338 e. The molecule has 0 aliphatic carbocycles. The molecule has 6 heteroatoms. The van der Waals surface area contributed by atoms with Crippen molar-refractivity contribution in [1.29, 1.82) is 5.26 Å². The lowest BCUT2D eigenvalue weighted by atomic mass is 10.2. The summed E-state index contributed by atoms with van der Waals surface area (Å²) in [4.78, 5) is 24.3. The number of nitriles is 1. The third-order valence-corrected chi connectivity index (χ3v) is 3.40. The van der Waals surface area contributed by atoms with Crippen LogP contribution in [0, 0.1) is 11.3 Å². The average Bonchev–Trinajstić information content (AvgIpc) is 2.62. The number of hydrogen-bond acceptors (Lipinski definition) is 5. The molecule has 0 fully saturated rings. The van der Waals surface area contributed by atoms with Crippen LogP contribution in [0.25, 0.3) is 0 Å². The summed E-state index contributed by atoms with van der Waals surface area (Å²) in [6.45, 7) is 5.32. The molecule has 0 aliphatic heterocycles. The third kappa shape index (κ3) is 5.35. The second-order valence-electron chi connectivity index (χ2n) is 5.92. The van der Waals surface area contributed by atoms with Gasteiger partial charge in [0.15, 0.2) is 6.10 Å². The van der Waals surface area contributed by atoms with Crippen LogP contribution >= 0.6 is 0 Å². The molecule has 0 heterocycles. The quantitative estimate of drug-likeness (QED) is 0.804. The lowest BCUT2D eigenvalue weighted by Crippen LogP contribution is -2.30. The number of amides is 1. The molecule has 0 saturated carbocycles. The van der Waals surface area contributed by atoms with Crippen LogP contribution in [0.15, 0.2) is 48.5 Å². The Morgan fingerprint density at radius 2 is 1.62 bits per heavy atom. The summed E-state index contributed by atoms with van der Waals surface area (Å²) in [6.07, 6.45) is -0.927. The molecule has 0 bridgehead atoms. The number of nitrogens with one attached hydrogen (secondary N) is 1. The zero-order chi connectivity index (χ0) is 19.1. The molecule has 0 radical (unpaired) electrons. The number of ether oxygens (including phenoxy) is 2. The van der Waals surface area contributed by atoms with Gasteiger partial charge in [-0.25, -0.2) is 4.79 Å². The molecule has 6 nitrogen and oxygen atoms in total. The number of carbonyl (C=O) groups excluding carboxylic acids is 2. The van der Waals surface area contributed by atoms with Crippen molar-refractivity contribution in [3.05, 3.63) is 59.7 Å². The number of anilines is 1. The lowest BCUT2D eigenvalue weighted by molar-refractivity contribution is -0.123. The van der Waals surface area contributed by atoms with Crippen LogP contribution in [0.4, 0.5) is 5.69 Å². The van der Waals surface area contributed by atoms with Gasteiger partial charge in [0.2, 0.25) is 0 Å². The van der Waals surface area contributed by atoms with Crippen LogP contribution in [-0.4, -0.2) is 24.1 Å². The summed E-state index contributed by atoms with van der Waals surface area (Å²) >= 11 is 0. The molecule has 1 atom stereocenters. The van der Waals surface area contributed by atoms with E-state index >= 15 is 0 Å². The van der Waals surface area contributed by atoms with Gasteiger partial charge >= 0.3 is 5.97 Å². The number of rotatable bonds is 6. The van der Waals surface area contributed by atoms with Crippen molar-refractivity contribution in [2.45, 2.75) is 33.0 Å². The first-order valence-electron chi connectivity index (χ1n) is 8.17. The first-order chi connectivity index (χ1) is 12.4. The Morgan fingerprint density at radius 1 is 1.00 bits per heavy atom. The molecular formula is C20H20N2O4. The topological polar surface area (TPSA) is 88.4 Å². The van der Waals surface area contributed by atoms with Gasteiger partial charge in [-0.05, 0) is 69.3 Å². The van der Waals surface area contributed by atoms with Crippen LogP contribution in [0.2, 0.25) is 0 Å². The summed E-state index contributed by atoms with van der Waals surface area (Å²) < 4.78 is 10.7. The van der Waals surface area contributed by atoms with E-state index in [4.69, 9.17) is 14.7 Å². The minimum absolute atomic E-state index is 0.0405. The smallest absolute Gasteiger partial charge is 0.338 e. The Hall–Kier alpha value is -3.33. The van der Waals surface area contributed by atoms with Crippen molar-refractivity contribution in [3.63, 3.8) is 0 Å². The van der Waals surface area contributed by atoms with E-state index in [9.17, 15) is 9.59 Å². The molecule has 1 N–H and O–H groups in total. The first kappa shape index (κ1) is 19.0.